The second-order valence-corrected chi connectivity index (χ2v) is 4.79. The summed E-state index contributed by atoms with van der Waals surface area (Å²) in [5.41, 5.74) is 2.22. The number of nitrogens with zero attached hydrogens (tertiary/aromatic N) is 3. The van der Waals surface area contributed by atoms with Crippen molar-refractivity contribution in [3.63, 3.8) is 0 Å². The van der Waals surface area contributed by atoms with E-state index < -0.39 is 0 Å². The zero-order valence-electron chi connectivity index (χ0n) is 11.3. The molecule has 1 aromatic heterocycles. The summed E-state index contributed by atoms with van der Waals surface area (Å²) in [7, 11) is 0. The molecule has 21 heavy (non-hydrogen) atoms. The molecule has 1 heterocycles. The fourth-order valence-electron chi connectivity index (χ4n) is 2.39. The second-order valence-electron chi connectivity index (χ2n) is 4.79. The first-order valence-corrected chi connectivity index (χ1v) is 6.69. The lowest BCUT2D eigenvalue weighted by molar-refractivity contribution is 0.642. The van der Waals surface area contributed by atoms with Crippen molar-refractivity contribution in [2.75, 3.05) is 0 Å². The number of benzene rings is 2. The molecule has 4 nitrogen and oxygen atoms in total. The zero-order chi connectivity index (χ0) is 14.7. The highest BCUT2D eigenvalue weighted by atomic mass is 16.1. The van der Waals surface area contributed by atoms with Crippen LogP contribution in [0.1, 0.15) is 11.5 Å². The maximum Gasteiger partial charge on any atom is 0.269 e. The summed E-state index contributed by atoms with van der Waals surface area (Å²) in [6, 6.07) is 19.2. The first kappa shape index (κ1) is 13.1. The van der Waals surface area contributed by atoms with E-state index in [0.29, 0.717) is 6.54 Å². The fraction of sp³-hybridized carbons (Fsp3) is 0.118. The van der Waals surface area contributed by atoms with Crippen LogP contribution in [0.3, 0.4) is 0 Å². The van der Waals surface area contributed by atoms with E-state index in [1.807, 2.05) is 54.6 Å². The van der Waals surface area contributed by atoms with Crippen molar-refractivity contribution in [2.24, 2.45) is 0 Å². The molecular formula is C17H13N3O. The van der Waals surface area contributed by atoms with E-state index in [1.54, 1.807) is 4.57 Å². The molecule has 4 heteroatoms. The summed E-state index contributed by atoms with van der Waals surface area (Å²) in [5.74, 6) is -0.366. The standard InChI is InChI=1S/C17H13N3O/c18-10-14(13-6-2-1-3-7-13)12-20-16-9-5-4-8-15(16)19-11-17(20)21/h1-9,11,14H,12H2. The molecule has 0 aliphatic carbocycles. The molecule has 0 radical (unpaired) electrons. The van der Waals surface area contributed by atoms with E-state index in [0.717, 1.165) is 16.6 Å². The van der Waals surface area contributed by atoms with E-state index in [1.165, 1.54) is 6.20 Å². The van der Waals surface area contributed by atoms with Crippen molar-refractivity contribution in [3.8, 4) is 6.07 Å². The van der Waals surface area contributed by atoms with Crippen LogP contribution in [0.5, 0.6) is 0 Å². The van der Waals surface area contributed by atoms with Gasteiger partial charge in [-0.25, -0.2) is 4.98 Å². The Kier molecular flexibility index (Phi) is 3.48. The highest BCUT2D eigenvalue weighted by molar-refractivity contribution is 5.74. The predicted octanol–water partition coefficient (Wildman–Crippen LogP) is 2.70. The van der Waals surface area contributed by atoms with Gasteiger partial charge in [0.1, 0.15) is 0 Å². The maximum atomic E-state index is 12.1. The molecule has 0 saturated carbocycles. The van der Waals surface area contributed by atoms with Crippen LogP contribution in [0.25, 0.3) is 11.0 Å². The highest BCUT2D eigenvalue weighted by Crippen LogP contribution is 2.18. The van der Waals surface area contributed by atoms with E-state index >= 15 is 0 Å². The molecule has 1 unspecified atom stereocenters. The van der Waals surface area contributed by atoms with Crippen LogP contribution < -0.4 is 5.56 Å². The smallest absolute Gasteiger partial charge is 0.269 e. The Morgan fingerprint density at radius 1 is 1.10 bits per heavy atom. The van der Waals surface area contributed by atoms with Crippen LogP contribution in [0, 0.1) is 11.3 Å². The summed E-state index contributed by atoms with van der Waals surface area (Å²) >= 11 is 0. The van der Waals surface area contributed by atoms with Gasteiger partial charge in [0.2, 0.25) is 0 Å². The lowest BCUT2D eigenvalue weighted by Crippen LogP contribution is -2.23. The minimum absolute atomic E-state index is 0.190. The molecule has 0 fully saturated rings. The Bertz CT molecular complexity index is 862. The van der Waals surface area contributed by atoms with E-state index in [-0.39, 0.29) is 11.5 Å². The van der Waals surface area contributed by atoms with Gasteiger partial charge in [-0.2, -0.15) is 5.26 Å². The molecule has 102 valence electrons. The third-order valence-corrected chi connectivity index (χ3v) is 3.48. The molecule has 0 bridgehead atoms. The van der Waals surface area contributed by atoms with Gasteiger partial charge < -0.3 is 4.57 Å². The van der Waals surface area contributed by atoms with Gasteiger partial charge in [-0.3, -0.25) is 4.79 Å². The number of hydrogen-bond donors (Lipinski definition) is 0. The molecule has 0 aliphatic rings. The first-order chi connectivity index (χ1) is 10.3. The molecular weight excluding hydrogens is 262 g/mol. The number of para-hydroxylation sites is 2. The minimum atomic E-state index is -0.366. The van der Waals surface area contributed by atoms with Crippen LogP contribution in [-0.2, 0) is 6.54 Å². The lowest BCUT2D eigenvalue weighted by Gasteiger charge is -2.13. The van der Waals surface area contributed by atoms with Crippen molar-refractivity contribution in [1.29, 1.82) is 5.26 Å². The monoisotopic (exact) mass is 275 g/mol. The number of aromatic nitrogens is 2. The molecule has 3 rings (SSSR count). The number of rotatable bonds is 3. The normalized spacial score (nSPS) is 12.0. The predicted molar refractivity (Wildman–Crippen MR) is 80.8 cm³/mol. The molecule has 0 saturated heterocycles. The van der Waals surface area contributed by atoms with Crippen LogP contribution in [0.15, 0.2) is 65.6 Å². The summed E-state index contributed by atoms with van der Waals surface area (Å²) in [5, 5.41) is 9.42. The van der Waals surface area contributed by atoms with Gasteiger partial charge in [0, 0.05) is 6.54 Å². The van der Waals surface area contributed by atoms with Gasteiger partial charge in [0.05, 0.1) is 29.2 Å². The lowest BCUT2D eigenvalue weighted by atomic mass is 10.0. The van der Waals surface area contributed by atoms with Crippen molar-refractivity contribution < 1.29 is 0 Å². The molecule has 2 aromatic carbocycles. The number of fused-ring (bicyclic) bond motifs is 1. The quantitative estimate of drug-likeness (QED) is 0.738. The Morgan fingerprint density at radius 2 is 1.81 bits per heavy atom. The first-order valence-electron chi connectivity index (χ1n) is 6.69. The van der Waals surface area contributed by atoms with Gasteiger partial charge in [0.25, 0.3) is 5.56 Å². The Hall–Kier alpha value is -2.93. The second kappa shape index (κ2) is 5.59. The summed E-state index contributed by atoms with van der Waals surface area (Å²) in [4.78, 5) is 16.2. The molecule has 0 N–H and O–H groups in total. The van der Waals surface area contributed by atoms with Gasteiger partial charge in [-0.1, -0.05) is 42.5 Å². The van der Waals surface area contributed by atoms with Gasteiger partial charge in [0.15, 0.2) is 0 Å². The number of nitriles is 1. The largest absolute Gasteiger partial charge is 0.304 e. The molecule has 0 spiro atoms. The van der Waals surface area contributed by atoms with Gasteiger partial charge in [-0.15, -0.1) is 0 Å². The van der Waals surface area contributed by atoms with Crippen molar-refractivity contribution >= 4 is 11.0 Å². The minimum Gasteiger partial charge on any atom is -0.304 e. The molecule has 0 aliphatic heterocycles. The summed E-state index contributed by atoms with van der Waals surface area (Å²) in [6.45, 7) is 0.322. The van der Waals surface area contributed by atoms with Gasteiger partial charge >= 0.3 is 0 Å². The van der Waals surface area contributed by atoms with Crippen molar-refractivity contribution in [3.05, 3.63) is 76.7 Å². The SMILES string of the molecule is N#CC(Cn1c(=O)cnc2ccccc21)c1ccccc1. The highest BCUT2D eigenvalue weighted by Gasteiger charge is 2.13. The number of hydrogen-bond acceptors (Lipinski definition) is 3. The van der Waals surface area contributed by atoms with Crippen LogP contribution in [-0.4, -0.2) is 9.55 Å². The van der Waals surface area contributed by atoms with Gasteiger partial charge in [-0.05, 0) is 17.7 Å². The molecule has 1 atom stereocenters. The van der Waals surface area contributed by atoms with E-state index in [4.69, 9.17) is 0 Å². The summed E-state index contributed by atoms with van der Waals surface area (Å²) in [6.07, 6.45) is 1.31. The fourth-order valence-corrected chi connectivity index (χ4v) is 2.39. The van der Waals surface area contributed by atoms with Crippen LogP contribution in [0.2, 0.25) is 0 Å². The third kappa shape index (κ3) is 2.54. The summed E-state index contributed by atoms with van der Waals surface area (Å²) < 4.78 is 1.61. The maximum absolute atomic E-state index is 12.1. The molecule has 3 aromatic rings. The average Bonchev–Trinajstić information content (AvgIpc) is 2.55. The Balaban J connectivity index is 2.07. The van der Waals surface area contributed by atoms with E-state index in [2.05, 4.69) is 11.1 Å². The van der Waals surface area contributed by atoms with Crippen molar-refractivity contribution in [2.45, 2.75) is 12.5 Å². The van der Waals surface area contributed by atoms with Crippen LogP contribution in [0.4, 0.5) is 0 Å². The van der Waals surface area contributed by atoms with Crippen LogP contribution >= 0.6 is 0 Å². The topological polar surface area (TPSA) is 58.7 Å². The van der Waals surface area contributed by atoms with E-state index in [9.17, 15) is 10.1 Å². The Labute approximate surface area is 121 Å². The zero-order valence-corrected chi connectivity index (χ0v) is 11.3. The average molecular weight is 275 g/mol. The molecule has 0 amide bonds. The third-order valence-electron chi connectivity index (χ3n) is 3.48. The van der Waals surface area contributed by atoms with Crippen molar-refractivity contribution in [1.82, 2.24) is 9.55 Å². The Morgan fingerprint density at radius 3 is 2.57 bits per heavy atom.